The number of ether oxygens (including phenoxy) is 2. The van der Waals surface area contributed by atoms with Crippen LogP contribution in [0.2, 0.25) is 15.2 Å². The number of hydrogen-bond acceptors (Lipinski definition) is 20. The highest BCUT2D eigenvalue weighted by Gasteiger charge is 2.28. The van der Waals surface area contributed by atoms with Crippen LogP contribution in [0.25, 0.3) is 76.5 Å². The van der Waals surface area contributed by atoms with E-state index in [4.69, 9.17) is 54.2 Å². The summed E-state index contributed by atoms with van der Waals surface area (Å²) in [4.78, 5) is 58.9. The fraction of sp³-hybridized carbons (Fsp3) is 0.311. The van der Waals surface area contributed by atoms with E-state index < -0.39 is 0 Å². The number of hydrogen-bond donors (Lipinski definition) is 3. The van der Waals surface area contributed by atoms with Gasteiger partial charge in [-0.05, 0) is 163 Å². The first-order valence-electron chi connectivity index (χ1n) is 33.1. The number of rotatable bonds is 16. The van der Waals surface area contributed by atoms with Crippen LogP contribution in [0.4, 0.5) is 17.5 Å². The molecule has 10 aromatic heterocycles. The molecule has 15 rings (SSSR count). The van der Waals surface area contributed by atoms with Crippen LogP contribution in [-0.2, 0) is 7.05 Å². The van der Waals surface area contributed by atoms with Crippen LogP contribution in [0.15, 0.2) is 159 Å². The molecule has 500 valence electrons. The Labute approximate surface area is 583 Å². The summed E-state index contributed by atoms with van der Waals surface area (Å²) in [5.41, 5.74) is 9.19. The Morgan fingerprint density at radius 1 is 0.449 bits per heavy atom. The fourth-order valence-electron chi connectivity index (χ4n) is 12.6. The average Bonchev–Trinajstić information content (AvgIpc) is 1.17. The summed E-state index contributed by atoms with van der Waals surface area (Å²) >= 11 is 19.2. The maximum absolute atomic E-state index is 6.75. The predicted octanol–water partition coefficient (Wildman–Crippen LogP) is 16.1. The highest BCUT2D eigenvalue weighted by atomic mass is 35.5. The molecule has 12 heterocycles. The third kappa shape index (κ3) is 15.1. The zero-order chi connectivity index (χ0) is 68.0. The summed E-state index contributed by atoms with van der Waals surface area (Å²) in [7, 11) is 1.93. The van der Waals surface area contributed by atoms with Gasteiger partial charge < -0.3 is 35.2 Å². The molecule has 21 nitrogen and oxygen atoms in total. The zero-order valence-corrected chi connectivity index (χ0v) is 58.1. The topological polar surface area (TPSA) is 234 Å². The molecule has 2 fully saturated rings. The monoisotopic (exact) mass is 1370 g/mol. The number of pyridine rings is 6. The number of nitrogens with zero attached hydrogens (tertiary/aromatic N) is 16. The van der Waals surface area contributed by atoms with Crippen molar-refractivity contribution in [3.05, 3.63) is 191 Å². The molecule has 0 unspecified atom stereocenters. The van der Waals surface area contributed by atoms with E-state index in [9.17, 15) is 0 Å². The van der Waals surface area contributed by atoms with Gasteiger partial charge in [0.25, 0.3) is 0 Å². The standard InChI is InChI=1S/C30H34N8O.C26H29ClN6O.C18H13Cl2N5/c1-19(2)38-13-10-23(11-14-38)39-30-27-21(7-5-8-24(27)22-16-34-37(4)17-22)15-26(36-30)20(3)35-29-28-25(32-18-33-29)9-6-12-31-28;1-16(2)33-12-9-19(10-13-33)34-26-23-18(6-4-7-20(23)27)14-22(32-26)17(3)31-25-24-21(29-15-30-25)8-5-11-28-24;1-10(24-18-16-13(22-9-23-18)6-3-7-21-16)14-8-11-4-2-5-12(19)15(11)17(20)25-14/h5-9,12,15-20,23H,10-11,13-14H2,1-4H3,(H,32,33,35);4-8,11,14-17,19H,9-10,12-13H2,1-3H3,(H,29,30,31);2-10H,1H3,(H,22,23,24)/t20-;17-;10-/m000/s1. The summed E-state index contributed by atoms with van der Waals surface area (Å²) < 4.78 is 15.1. The smallest absolute Gasteiger partial charge is 0.223 e. The maximum Gasteiger partial charge on any atom is 0.223 e. The number of benzene rings is 3. The van der Waals surface area contributed by atoms with E-state index in [2.05, 4.69) is 159 Å². The van der Waals surface area contributed by atoms with Crippen molar-refractivity contribution in [1.29, 1.82) is 0 Å². The SMILES string of the molecule is CC(C)N1CCC(Oc2nc([C@H](C)Nc3ncnc4cccnc34)cc3cccc(-c4cnn(C)c4)c23)CC1.CC(C)N1CCC(Oc2nc([C@H](C)Nc3ncnc4cccnc34)cc3cccc(Cl)c23)CC1.C[C@H](Nc1ncnc2cccnc12)c1cc2cccc(Cl)c2c(Cl)n1. The van der Waals surface area contributed by atoms with E-state index >= 15 is 0 Å². The lowest BCUT2D eigenvalue weighted by Gasteiger charge is -2.34. The van der Waals surface area contributed by atoms with Crippen molar-refractivity contribution in [3.8, 4) is 22.9 Å². The van der Waals surface area contributed by atoms with Crippen LogP contribution < -0.4 is 25.4 Å². The Kier molecular flexibility index (Phi) is 20.5. The van der Waals surface area contributed by atoms with E-state index in [1.54, 1.807) is 37.3 Å². The van der Waals surface area contributed by atoms with Crippen LogP contribution in [0.1, 0.15) is 109 Å². The molecule has 0 bridgehead atoms. The number of nitrogens with one attached hydrogen (secondary N) is 3. The van der Waals surface area contributed by atoms with Gasteiger partial charge in [-0.15, -0.1) is 0 Å². The van der Waals surface area contributed by atoms with Crippen LogP contribution in [0.3, 0.4) is 0 Å². The molecule has 24 heteroatoms. The summed E-state index contributed by atoms with van der Waals surface area (Å²) in [6.07, 6.45) is 17.9. The van der Waals surface area contributed by atoms with E-state index in [-0.39, 0.29) is 30.3 Å². The van der Waals surface area contributed by atoms with Gasteiger partial charge in [0.2, 0.25) is 11.8 Å². The molecule has 0 saturated carbocycles. The molecule has 0 radical (unpaired) electrons. The highest BCUT2D eigenvalue weighted by Crippen LogP contribution is 2.40. The van der Waals surface area contributed by atoms with Crippen LogP contribution in [0, 0.1) is 0 Å². The lowest BCUT2D eigenvalue weighted by Crippen LogP contribution is -2.41. The summed E-state index contributed by atoms with van der Waals surface area (Å²) in [6.45, 7) is 19.2. The number of halogens is 3. The van der Waals surface area contributed by atoms with Gasteiger partial charge in [-0.1, -0.05) is 77.3 Å². The van der Waals surface area contributed by atoms with E-state index in [0.717, 1.165) is 140 Å². The van der Waals surface area contributed by atoms with Gasteiger partial charge in [0.05, 0.1) is 78.8 Å². The Morgan fingerprint density at radius 2 is 0.847 bits per heavy atom. The lowest BCUT2D eigenvalue weighted by atomic mass is 10.00. The molecule has 13 aromatic rings. The second-order valence-electron chi connectivity index (χ2n) is 25.3. The van der Waals surface area contributed by atoms with Gasteiger partial charge in [0.15, 0.2) is 17.5 Å². The van der Waals surface area contributed by atoms with Gasteiger partial charge in [-0.2, -0.15) is 5.10 Å². The van der Waals surface area contributed by atoms with Crippen LogP contribution >= 0.6 is 34.8 Å². The zero-order valence-electron chi connectivity index (χ0n) is 55.8. The van der Waals surface area contributed by atoms with Crippen molar-refractivity contribution in [1.82, 2.24) is 79.4 Å². The first-order chi connectivity index (χ1) is 47.6. The normalized spacial score (nSPS) is 15.1. The molecule has 0 amide bonds. The third-order valence-electron chi connectivity index (χ3n) is 18.0. The predicted molar refractivity (Wildman–Crippen MR) is 391 cm³/mol. The number of piperidine rings is 2. The molecule has 3 N–H and O–H groups in total. The molecule has 2 aliphatic heterocycles. The number of anilines is 3. The number of likely N-dealkylation sites (tertiary alicyclic amines) is 2. The quantitative estimate of drug-likeness (QED) is 0.0763. The molecule has 3 aromatic carbocycles. The minimum absolute atomic E-state index is 0.117. The average molecular weight is 1370 g/mol. The largest absolute Gasteiger partial charge is 0.474 e. The van der Waals surface area contributed by atoms with Crippen LogP contribution in [0.5, 0.6) is 11.8 Å². The Hall–Kier alpha value is -9.64. The molecule has 3 atom stereocenters. The number of aromatic nitrogens is 14. The lowest BCUT2D eigenvalue weighted by molar-refractivity contribution is 0.0820. The Balaban J connectivity index is 0.000000135. The van der Waals surface area contributed by atoms with Crippen LogP contribution in [-0.4, -0.2) is 130 Å². The third-order valence-corrected chi connectivity index (χ3v) is 18.9. The molecule has 2 aliphatic rings. The first-order valence-corrected chi connectivity index (χ1v) is 34.3. The highest BCUT2D eigenvalue weighted by molar-refractivity contribution is 6.41. The molecule has 0 spiro atoms. The molecule has 98 heavy (non-hydrogen) atoms. The first kappa shape index (κ1) is 67.0. The van der Waals surface area contributed by atoms with E-state index in [1.165, 1.54) is 6.33 Å². The molecule has 0 aliphatic carbocycles. The Morgan fingerprint density at radius 3 is 1.28 bits per heavy atom. The van der Waals surface area contributed by atoms with Crippen molar-refractivity contribution in [3.63, 3.8) is 0 Å². The fourth-order valence-corrected chi connectivity index (χ4v) is 13.5. The van der Waals surface area contributed by atoms with Crippen molar-refractivity contribution in [2.75, 3.05) is 42.1 Å². The Bertz CT molecular complexity index is 4950. The summed E-state index contributed by atoms with van der Waals surface area (Å²) in [5, 5.41) is 22.0. The van der Waals surface area contributed by atoms with Crippen molar-refractivity contribution < 1.29 is 9.47 Å². The second-order valence-corrected chi connectivity index (χ2v) is 26.5. The second kappa shape index (κ2) is 30.0. The van der Waals surface area contributed by atoms with Crippen molar-refractivity contribution in [2.45, 2.75) is 117 Å². The van der Waals surface area contributed by atoms with Gasteiger partial charge >= 0.3 is 0 Å². The maximum atomic E-state index is 6.75. The summed E-state index contributed by atoms with van der Waals surface area (Å²) in [5.74, 6) is 3.28. The van der Waals surface area contributed by atoms with Crippen molar-refractivity contribution >= 4 is 118 Å². The summed E-state index contributed by atoms with van der Waals surface area (Å²) in [6, 6.07) is 36.1. The minimum atomic E-state index is -0.137. The van der Waals surface area contributed by atoms with Gasteiger partial charge in [0, 0.05) is 81.0 Å². The van der Waals surface area contributed by atoms with Gasteiger partial charge in [0.1, 0.15) is 52.9 Å². The molecular weight excluding hydrogens is 1290 g/mol. The van der Waals surface area contributed by atoms with Crippen molar-refractivity contribution in [2.24, 2.45) is 7.05 Å². The van der Waals surface area contributed by atoms with Gasteiger partial charge in [-0.25, -0.2) is 44.9 Å². The minimum Gasteiger partial charge on any atom is -0.474 e. The number of aryl methyl sites for hydroxylation is 1. The van der Waals surface area contributed by atoms with E-state index in [0.29, 0.717) is 62.0 Å². The van der Waals surface area contributed by atoms with Gasteiger partial charge in [-0.3, -0.25) is 19.6 Å². The molecule has 2 saturated heterocycles. The number of fused-ring (bicyclic) bond motifs is 6. The molecular formula is C74H76Cl3N19O2. The van der Waals surface area contributed by atoms with E-state index in [1.807, 2.05) is 97.8 Å².